The molecule has 2 aromatic rings. The monoisotopic (exact) mass is 504 g/mol. The summed E-state index contributed by atoms with van der Waals surface area (Å²) in [6.07, 6.45) is 2.12. The topological polar surface area (TPSA) is 213 Å². The number of hydrogen-bond donors (Lipinski definition) is 8. The predicted molar refractivity (Wildman–Crippen MR) is 134 cm³/mol. The van der Waals surface area contributed by atoms with E-state index >= 15 is 0 Å². The van der Waals surface area contributed by atoms with Gasteiger partial charge in [0.2, 0.25) is 17.7 Å². The molecule has 0 saturated heterocycles. The average Bonchev–Trinajstić information content (AvgIpc) is 3.24. The Morgan fingerprint density at radius 2 is 1.69 bits per heavy atom. The number of carbonyl (C=O) groups is 4. The highest BCUT2D eigenvalue weighted by Crippen LogP contribution is 2.19. The van der Waals surface area contributed by atoms with Crippen LogP contribution >= 0.6 is 0 Å². The fraction of sp³-hybridized carbons (Fsp3) is 0.500. The molecule has 1 heterocycles. The number of aliphatic carboxylic acids is 1. The van der Waals surface area contributed by atoms with Crippen molar-refractivity contribution in [2.24, 2.45) is 11.5 Å². The Morgan fingerprint density at radius 1 is 1.00 bits per heavy atom. The number of amides is 3. The Hall–Kier alpha value is -3.48. The smallest absolute Gasteiger partial charge is 0.326 e. The van der Waals surface area contributed by atoms with Crippen LogP contribution in [0.3, 0.4) is 0 Å². The lowest BCUT2D eigenvalue weighted by Crippen LogP contribution is -2.59. The molecule has 0 saturated carbocycles. The minimum absolute atomic E-state index is 0.0138. The molecular formula is C24H36N6O6. The van der Waals surface area contributed by atoms with E-state index < -0.39 is 54.0 Å². The highest BCUT2D eigenvalue weighted by atomic mass is 16.4. The molecule has 0 spiro atoms. The van der Waals surface area contributed by atoms with Crippen molar-refractivity contribution in [3.05, 3.63) is 36.0 Å². The van der Waals surface area contributed by atoms with Crippen LogP contribution in [0.4, 0.5) is 0 Å². The number of aliphatic hydroxyl groups is 1. The number of aromatic amines is 1. The molecule has 2 rings (SSSR count). The summed E-state index contributed by atoms with van der Waals surface area (Å²) in [4.78, 5) is 52.6. The number of H-pyrrole nitrogens is 1. The van der Waals surface area contributed by atoms with Gasteiger partial charge in [-0.3, -0.25) is 14.4 Å². The van der Waals surface area contributed by atoms with Gasteiger partial charge in [-0.1, -0.05) is 24.6 Å². The molecule has 0 aliphatic carbocycles. The van der Waals surface area contributed by atoms with E-state index in [1.54, 1.807) is 6.20 Å². The molecule has 12 heteroatoms. The summed E-state index contributed by atoms with van der Waals surface area (Å²) >= 11 is 0. The molecule has 0 fully saturated rings. The van der Waals surface area contributed by atoms with Crippen LogP contribution < -0.4 is 27.4 Å². The molecule has 3 amide bonds. The van der Waals surface area contributed by atoms with Crippen molar-refractivity contribution < 1.29 is 29.4 Å². The number of carboxylic acids is 1. The number of fused-ring (bicyclic) bond motifs is 1. The van der Waals surface area contributed by atoms with Gasteiger partial charge in [0.05, 0.1) is 12.1 Å². The molecule has 36 heavy (non-hydrogen) atoms. The number of carbonyl (C=O) groups excluding carboxylic acids is 3. The second kappa shape index (κ2) is 13.6. The van der Waals surface area contributed by atoms with Crippen LogP contribution in [0.2, 0.25) is 0 Å². The van der Waals surface area contributed by atoms with E-state index in [9.17, 15) is 29.4 Å². The van der Waals surface area contributed by atoms with Gasteiger partial charge < -0.3 is 42.6 Å². The number of unbranched alkanes of at least 4 members (excludes halogenated alkanes) is 1. The van der Waals surface area contributed by atoms with Crippen LogP contribution in [0, 0.1) is 0 Å². The highest BCUT2D eigenvalue weighted by Gasteiger charge is 2.32. The summed E-state index contributed by atoms with van der Waals surface area (Å²) in [7, 11) is 0. The minimum Gasteiger partial charge on any atom is -0.480 e. The summed E-state index contributed by atoms with van der Waals surface area (Å²) < 4.78 is 0. The van der Waals surface area contributed by atoms with Gasteiger partial charge in [-0.25, -0.2) is 4.79 Å². The van der Waals surface area contributed by atoms with E-state index in [-0.39, 0.29) is 6.42 Å². The zero-order valence-electron chi connectivity index (χ0n) is 20.5. The first kappa shape index (κ1) is 28.8. The number of carboxylic acid groups (broad SMARTS) is 1. The molecule has 5 unspecified atom stereocenters. The fourth-order valence-electron chi connectivity index (χ4n) is 3.69. The first-order valence-electron chi connectivity index (χ1n) is 11.9. The normalized spacial score (nSPS) is 15.4. The summed E-state index contributed by atoms with van der Waals surface area (Å²) in [6.45, 7) is 3.19. The number of benzene rings is 1. The van der Waals surface area contributed by atoms with Crippen molar-refractivity contribution in [1.82, 2.24) is 20.9 Å². The zero-order chi connectivity index (χ0) is 26.8. The summed E-state index contributed by atoms with van der Waals surface area (Å²) in [5.41, 5.74) is 12.8. The van der Waals surface area contributed by atoms with Gasteiger partial charge in [-0.2, -0.15) is 0 Å². The molecule has 0 bridgehead atoms. The molecule has 0 aliphatic heterocycles. The Labute approximate surface area is 209 Å². The van der Waals surface area contributed by atoms with Crippen molar-refractivity contribution in [1.29, 1.82) is 0 Å². The van der Waals surface area contributed by atoms with Gasteiger partial charge >= 0.3 is 5.97 Å². The number of aliphatic hydroxyl groups excluding tert-OH is 1. The number of para-hydroxylation sites is 1. The van der Waals surface area contributed by atoms with Crippen LogP contribution in [0.5, 0.6) is 0 Å². The Balaban J connectivity index is 2.01. The van der Waals surface area contributed by atoms with Crippen molar-refractivity contribution in [2.75, 3.05) is 6.54 Å². The third kappa shape index (κ3) is 8.04. The summed E-state index contributed by atoms with van der Waals surface area (Å²) in [5, 5.41) is 27.8. The molecule has 12 nitrogen and oxygen atoms in total. The van der Waals surface area contributed by atoms with E-state index in [2.05, 4.69) is 20.9 Å². The average molecular weight is 505 g/mol. The molecule has 0 aliphatic rings. The van der Waals surface area contributed by atoms with Crippen molar-refractivity contribution in [3.8, 4) is 0 Å². The molecule has 1 aromatic carbocycles. The second-order valence-electron chi connectivity index (χ2n) is 8.81. The van der Waals surface area contributed by atoms with Gasteiger partial charge in [0.15, 0.2) is 0 Å². The maximum Gasteiger partial charge on any atom is 0.326 e. The fourth-order valence-corrected chi connectivity index (χ4v) is 3.69. The van der Waals surface area contributed by atoms with Crippen LogP contribution in [0.15, 0.2) is 30.5 Å². The Bertz CT molecular complexity index is 1050. The number of hydrogen-bond acceptors (Lipinski definition) is 7. The number of nitrogens with two attached hydrogens (primary N) is 2. The van der Waals surface area contributed by atoms with Crippen molar-refractivity contribution in [3.63, 3.8) is 0 Å². The first-order valence-corrected chi connectivity index (χ1v) is 11.9. The SMILES string of the molecule is CC(NC(=O)C(N)CCCCN)C(=O)NC(C(=O)NC(Cc1c[nH]c2ccccc12)C(=O)O)C(C)O. The number of nitrogens with one attached hydrogen (secondary N) is 4. The van der Waals surface area contributed by atoms with Crippen LogP contribution in [-0.4, -0.2) is 75.7 Å². The maximum absolute atomic E-state index is 12.9. The van der Waals surface area contributed by atoms with Crippen LogP contribution in [0.1, 0.15) is 38.7 Å². The molecule has 198 valence electrons. The highest BCUT2D eigenvalue weighted by molar-refractivity contribution is 5.94. The minimum atomic E-state index is -1.44. The predicted octanol–water partition coefficient (Wildman–Crippen LogP) is -0.894. The summed E-state index contributed by atoms with van der Waals surface area (Å²) in [6, 6.07) is 2.73. The third-order valence-corrected chi connectivity index (χ3v) is 5.83. The van der Waals surface area contributed by atoms with Crippen molar-refractivity contribution >= 4 is 34.6 Å². The second-order valence-corrected chi connectivity index (χ2v) is 8.81. The lowest BCUT2D eigenvalue weighted by atomic mass is 10.0. The Kier molecular flexibility index (Phi) is 10.8. The number of aromatic nitrogens is 1. The van der Waals surface area contributed by atoms with Gasteiger partial charge in [0.1, 0.15) is 18.1 Å². The largest absolute Gasteiger partial charge is 0.480 e. The van der Waals surface area contributed by atoms with E-state index in [0.717, 1.165) is 17.3 Å². The zero-order valence-corrected chi connectivity index (χ0v) is 20.5. The quantitative estimate of drug-likeness (QED) is 0.151. The summed E-state index contributed by atoms with van der Waals surface area (Å²) in [5.74, 6) is -3.41. The lowest BCUT2D eigenvalue weighted by molar-refractivity contribution is -0.143. The lowest BCUT2D eigenvalue weighted by Gasteiger charge is -2.25. The molecule has 1 aromatic heterocycles. The van der Waals surface area contributed by atoms with E-state index in [1.165, 1.54) is 13.8 Å². The van der Waals surface area contributed by atoms with E-state index in [4.69, 9.17) is 11.5 Å². The third-order valence-electron chi connectivity index (χ3n) is 5.83. The van der Waals surface area contributed by atoms with Crippen molar-refractivity contribution in [2.45, 2.75) is 69.8 Å². The van der Waals surface area contributed by atoms with E-state index in [0.29, 0.717) is 24.9 Å². The van der Waals surface area contributed by atoms with Gasteiger partial charge in [0, 0.05) is 23.5 Å². The standard InChI is InChI=1S/C24H36N6O6/c1-13(28-22(33)17(26)8-5-6-10-25)21(32)30-20(14(2)31)23(34)29-19(24(35)36)11-15-12-27-18-9-4-3-7-16(15)18/h3-4,7,9,12-14,17,19-20,27,31H,5-6,8,10-11,25-26H2,1-2H3,(H,28,33)(H,29,34)(H,30,32)(H,35,36). The molecule has 10 N–H and O–H groups in total. The first-order chi connectivity index (χ1) is 17.0. The molecule has 0 radical (unpaired) electrons. The van der Waals surface area contributed by atoms with Crippen LogP contribution in [-0.2, 0) is 25.6 Å². The molecular weight excluding hydrogens is 468 g/mol. The van der Waals surface area contributed by atoms with Gasteiger partial charge in [0.25, 0.3) is 0 Å². The van der Waals surface area contributed by atoms with E-state index in [1.807, 2.05) is 24.3 Å². The van der Waals surface area contributed by atoms with Gasteiger partial charge in [-0.15, -0.1) is 0 Å². The van der Waals surface area contributed by atoms with Gasteiger partial charge in [-0.05, 0) is 44.9 Å². The maximum atomic E-state index is 12.9. The number of rotatable bonds is 14. The van der Waals surface area contributed by atoms with Crippen LogP contribution in [0.25, 0.3) is 10.9 Å². The molecule has 5 atom stereocenters. The Morgan fingerprint density at radius 3 is 2.33 bits per heavy atom.